The van der Waals surface area contributed by atoms with E-state index >= 15 is 0 Å². The van der Waals surface area contributed by atoms with E-state index in [-0.39, 0.29) is 5.56 Å². The van der Waals surface area contributed by atoms with Crippen LogP contribution in [0.1, 0.15) is 22.3 Å². The Morgan fingerprint density at radius 3 is 2.44 bits per heavy atom. The normalized spacial score (nSPS) is 11.8. The van der Waals surface area contributed by atoms with Crippen LogP contribution < -0.4 is 5.32 Å². The van der Waals surface area contributed by atoms with Crippen molar-refractivity contribution < 1.29 is 18.0 Å². The topological polar surface area (TPSA) is 52.9 Å². The Labute approximate surface area is 143 Å². The molecule has 0 unspecified atom stereocenters. The van der Waals surface area contributed by atoms with E-state index in [1.807, 2.05) is 13.0 Å². The first kappa shape index (κ1) is 18.3. The smallest absolute Gasteiger partial charge is 0.321 e. The van der Waals surface area contributed by atoms with E-state index in [9.17, 15) is 23.2 Å². The third-order valence-corrected chi connectivity index (χ3v) is 3.56. The molecule has 1 N–H and O–H groups in total. The van der Waals surface area contributed by atoms with E-state index in [2.05, 4.69) is 5.32 Å². The van der Waals surface area contributed by atoms with Crippen molar-refractivity contribution >= 4 is 17.7 Å². The molecule has 25 heavy (non-hydrogen) atoms. The zero-order chi connectivity index (χ0) is 18.6. The summed E-state index contributed by atoms with van der Waals surface area (Å²) < 4.78 is 39.1. The number of rotatable bonds is 3. The predicted molar refractivity (Wildman–Crippen MR) is 89.6 cm³/mol. The first-order valence-corrected chi connectivity index (χ1v) is 7.39. The quantitative estimate of drug-likeness (QED) is 0.638. The number of nitriles is 1. The van der Waals surface area contributed by atoms with Crippen molar-refractivity contribution in [1.82, 2.24) is 0 Å². The number of hydrogen-bond donors (Lipinski definition) is 1. The summed E-state index contributed by atoms with van der Waals surface area (Å²) in [5.74, 6) is -0.758. The number of anilines is 1. The lowest BCUT2D eigenvalue weighted by Gasteiger charge is -2.11. The van der Waals surface area contributed by atoms with Crippen molar-refractivity contribution in [3.63, 3.8) is 0 Å². The summed E-state index contributed by atoms with van der Waals surface area (Å²) in [7, 11) is 0. The van der Waals surface area contributed by atoms with E-state index in [1.54, 1.807) is 25.1 Å². The Bertz CT molecular complexity index is 877. The molecule has 128 valence electrons. The van der Waals surface area contributed by atoms with Crippen LogP contribution in [0.2, 0.25) is 0 Å². The van der Waals surface area contributed by atoms with Crippen LogP contribution in [0.5, 0.6) is 0 Å². The number of alkyl halides is 3. The van der Waals surface area contributed by atoms with Gasteiger partial charge in [-0.05, 0) is 43.2 Å². The molecule has 0 fully saturated rings. The fourth-order valence-electron chi connectivity index (χ4n) is 2.33. The lowest BCUT2D eigenvalue weighted by molar-refractivity contribution is -0.137. The summed E-state index contributed by atoms with van der Waals surface area (Å²) in [4.78, 5) is 12.3. The third kappa shape index (κ3) is 4.48. The molecule has 0 aliphatic carbocycles. The molecule has 0 aromatic heterocycles. The van der Waals surface area contributed by atoms with Crippen LogP contribution in [-0.2, 0) is 11.0 Å². The van der Waals surface area contributed by atoms with Gasteiger partial charge in [0.05, 0.1) is 5.56 Å². The molecule has 0 saturated heterocycles. The highest BCUT2D eigenvalue weighted by Crippen LogP contribution is 2.32. The van der Waals surface area contributed by atoms with Crippen LogP contribution in [0.4, 0.5) is 18.9 Å². The molecule has 0 spiro atoms. The monoisotopic (exact) mass is 344 g/mol. The Balaban J connectivity index is 2.35. The molecule has 6 heteroatoms. The fourth-order valence-corrected chi connectivity index (χ4v) is 2.33. The van der Waals surface area contributed by atoms with Gasteiger partial charge in [0, 0.05) is 5.69 Å². The molecular weight excluding hydrogens is 329 g/mol. The first-order chi connectivity index (χ1) is 11.7. The third-order valence-electron chi connectivity index (χ3n) is 3.56. The van der Waals surface area contributed by atoms with Gasteiger partial charge in [0.15, 0.2) is 0 Å². The van der Waals surface area contributed by atoms with Crippen molar-refractivity contribution in [3.8, 4) is 6.07 Å². The van der Waals surface area contributed by atoms with Gasteiger partial charge >= 0.3 is 6.18 Å². The van der Waals surface area contributed by atoms with Gasteiger partial charge in [0.25, 0.3) is 5.91 Å². The maximum Gasteiger partial charge on any atom is 0.416 e. The second kappa shape index (κ2) is 7.22. The van der Waals surface area contributed by atoms with Gasteiger partial charge in [-0.15, -0.1) is 0 Å². The Kier molecular flexibility index (Phi) is 5.28. The van der Waals surface area contributed by atoms with Gasteiger partial charge < -0.3 is 5.32 Å². The van der Waals surface area contributed by atoms with E-state index < -0.39 is 23.2 Å². The van der Waals surface area contributed by atoms with Crippen LogP contribution in [0.3, 0.4) is 0 Å². The summed E-state index contributed by atoms with van der Waals surface area (Å²) in [6.45, 7) is 3.69. The van der Waals surface area contributed by atoms with Gasteiger partial charge in [-0.3, -0.25) is 4.79 Å². The highest BCUT2D eigenvalue weighted by molar-refractivity contribution is 6.10. The van der Waals surface area contributed by atoms with Crippen LogP contribution >= 0.6 is 0 Å². The number of hydrogen-bond acceptors (Lipinski definition) is 2. The number of aryl methyl sites for hydroxylation is 2. The molecule has 0 heterocycles. The minimum Gasteiger partial charge on any atom is -0.321 e. The van der Waals surface area contributed by atoms with E-state index in [0.29, 0.717) is 5.69 Å². The SMILES string of the molecule is Cc1ccc(NC(=O)/C(C#N)=C/c2ccccc2C(F)(F)F)c(C)c1. The predicted octanol–water partition coefficient (Wildman–Crippen LogP) is 4.87. The molecule has 1 amide bonds. The highest BCUT2D eigenvalue weighted by atomic mass is 19.4. The second-order valence-corrected chi connectivity index (χ2v) is 5.53. The van der Waals surface area contributed by atoms with E-state index in [4.69, 9.17) is 0 Å². The standard InChI is InChI=1S/C19H15F3N2O/c1-12-7-8-17(13(2)9-12)24-18(25)15(11-23)10-14-5-3-4-6-16(14)19(20,21)22/h3-10H,1-2H3,(H,24,25)/b15-10+. The summed E-state index contributed by atoms with van der Waals surface area (Å²) in [5, 5.41) is 11.7. The van der Waals surface area contributed by atoms with Gasteiger partial charge in [-0.1, -0.05) is 35.9 Å². The number of benzene rings is 2. The lowest BCUT2D eigenvalue weighted by atomic mass is 10.0. The minimum absolute atomic E-state index is 0.234. The molecule has 2 rings (SSSR count). The summed E-state index contributed by atoms with van der Waals surface area (Å²) >= 11 is 0. The van der Waals surface area contributed by atoms with Gasteiger partial charge in [0.2, 0.25) is 0 Å². The number of halogens is 3. The maximum absolute atomic E-state index is 13.0. The zero-order valence-corrected chi connectivity index (χ0v) is 13.6. The zero-order valence-electron chi connectivity index (χ0n) is 13.6. The number of carbonyl (C=O) groups is 1. The van der Waals surface area contributed by atoms with Gasteiger partial charge in [0.1, 0.15) is 11.6 Å². The number of nitrogens with one attached hydrogen (secondary N) is 1. The molecular formula is C19H15F3N2O. The van der Waals surface area contributed by atoms with Gasteiger partial charge in [-0.25, -0.2) is 0 Å². The summed E-state index contributed by atoms with van der Waals surface area (Å²) in [6, 6.07) is 11.8. The van der Waals surface area contributed by atoms with E-state index in [0.717, 1.165) is 23.3 Å². The molecule has 0 aliphatic heterocycles. The molecule has 0 radical (unpaired) electrons. The highest BCUT2D eigenvalue weighted by Gasteiger charge is 2.32. The number of nitrogens with zero attached hydrogens (tertiary/aromatic N) is 1. The lowest BCUT2D eigenvalue weighted by Crippen LogP contribution is -2.15. The number of amides is 1. The van der Waals surface area contributed by atoms with Crippen molar-refractivity contribution in [2.75, 3.05) is 5.32 Å². The van der Waals surface area contributed by atoms with Crippen molar-refractivity contribution in [2.45, 2.75) is 20.0 Å². The molecule has 0 bridgehead atoms. The van der Waals surface area contributed by atoms with Crippen LogP contribution in [0, 0.1) is 25.2 Å². The largest absolute Gasteiger partial charge is 0.416 e. The Hall–Kier alpha value is -3.07. The van der Waals surface area contributed by atoms with Crippen molar-refractivity contribution in [1.29, 1.82) is 5.26 Å². The Morgan fingerprint density at radius 1 is 1.16 bits per heavy atom. The van der Waals surface area contributed by atoms with Gasteiger partial charge in [-0.2, -0.15) is 18.4 Å². The molecule has 0 saturated carbocycles. The fraction of sp³-hybridized carbons (Fsp3) is 0.158. The van der Waals surface area contributed by atoms with Crippen LogP contribution in [0.25, 0.3) is 6.08 Å². The molecule has 0 atom stereocenters. The molecule has 2 aromatic carbocycles. The average Bonchev–Trinajstić information content (AvgIpc) is 2.54. The van der Waals surface area contributed by atoms with E-state index in [1.165, 1.54) is 18.2 Å². The average molecular weight is 344 g/mol. The minimum atomic E-state index is -4.57. The second-order valence-electron chi connectivity index (χ2n) is 5.53. The van der Waals surface area contributed by atoms with Crippen molar-refractivity contribution in [2.24, 2.45) is 0 Å². The van der Waals surface area contributed by atoms with Crippen molar-refractivity contribution in [3.05, 3.63) is 70.3 Å². The molecule has 2 aromatic rings. The number of carbonyl (C=O) groups excluding carboxylic acids is 1. The summed E-state index contributed by atoms with van der Waals surface area (Å²) in [6.07, 6.45) is -3.63. The maximum atomic E-state index is 13.0. The molecule has 0 aliphatic rings. The van der Waals surface area contributed by atoms with Crippen LogP contribution in [0.15, 0.2) is 48.0 Å². The van der Waals surface area contributed by atoms with Crippen LogP contribution in [-0.4, -0.2) is 5.91 Å². The molecule has 3 nitrogen and oxygen atoms in total. The summed E-state index contributed by atoms with van der Waals surface area (Å²) in [5.41, 5.74) is 0.758. The Morgan fingerprint density at radius 2 is 1.84 bits per heavy atom. The first-order valence-electron chi connectivity index (χ1n) is 7.39.